The number of aliphatic hydroxyl groups is 2. The number of aliphatic hydroxyl groups excluding tert-OH is 2. The normalized spacial score (nSPS) is 34.6. The van der Waals surface area contributed by atoms with E-state index in [4.69, 9.17) is 10.2 Å². The third kappa shape index (κ3) is 1.30. The summed E-state index contributed by atoms with van der Waals surface area (Å²) in [5.41, 5.74) is 0. The van der Waals surface area contributed by atoms with Gasteiger partial charge in [0.25, 0.3) is 0 Å². The van der Waals surface area contributed by atoms with E-state index in [2.05, 4.69) is 6.58 Å². The Morgan fingerprint density at radius 2 is 2.30 bits per heavy atom. The molecule has 1 fully saturated rings. The summed E-state index contributed by atoms with van der Waals surface area (Å²) in [6, 6.07) is -0.0463. The molecule has 0 saturated carbocycles. The van der Waals surface area contributed by atoms with E-state index in [1.54, 1.807) is 0 Å². The Kier molecular flexibility index (Phi) is 1.97. The average molecular weight is 143 g/mol. The highest BCUT2D eigenvalue weighted by Crippen LogP contribution is 2.19. The van der Waals surface area contributed by atoms with Gasteiger partial charge in [0.15, 0.2) is 0 Å². The first kappa shape index (κ1) is 7.57. The van der Waals surface area contributed by atoms with E-state index in [0.717, 1.165) is 0 Å². The number of rotatable bonds is 1. The van der Waals surface area contributed by atoms with Gasteiger partial charge in [0.2, 0.25) is 0 Å². The van der Waals surface area contributed by atoms with Gasteiger partial charge in [0, 0.05) is 6.54 Å². The van der Waals surface area contributed by atoms with Gasteiger partial charge in [-0.2, -0.15) is 0 Å². The smallest absolute Gasteiger partial charge is 0.102 e. The highest BCUT2D eigenvalue weighted by Gasteiger charge is 2.29. The van der Waals surface area contributed by atoms with Crippen LogP contribution in [-0.4, -0.2) is 40.9 Å². The summed E-state index contributed by atoms with van der Waals surface area (Å²) in [4.78, 5) is 1.90. The fraction of sp³-hybridized carbons (Fsp3) is 0.714. The minimum absolute atomic E-state index is 0.0463. The van der Waals surface area contributed by atoms with Crippen LogP contribution in [0.2, 0.25) is 0 Å². The quantitative estimate of drug-likeness (QED) is 0.512. The lowest BCUT2D eigenvalue weighted by atomic mass is 10.2. The standard InChI is InChI=1S/C7H13NO2/c1-5(9)7-3-6(10)4-8(7)2/h6-7,9-10H,1,3-4H2,2H3/t6-,7+/m0/s1. The predicted molar refractivity (Wildman–Crippen MR) is 38.8 cm³/mol. The maximum atomic E-state index is 9.12. The topological polar surface area (TPSA) is 43.7 Å². The lowest BCUT2D eigenvalue weighted by molar-refractivity contribution is 0.182. The Balaban J connectivity index is 2.54. The predicted octanol–water partition coefficient (Wildman–Crippen LogP) is 0.123. The molecule has 0 bridgehead atoms. The summed E-state index contributed by atoms with van der Waals surface area (Å²) in [5.74, 6) is 0.152. The molecule has 3 nitrogen and oxygen atoms in total. The Bertz CT molecular complexity index is 147. The molecule has 2 N–H and O–H groups in total. The summed E-state index contributed by atoms with van der Waals surface area (Å²) >= 11 is 0. The first-order valence-corrected chi connectivity index (χ1v) is 3.37. The number of likely N-dealkylation sites (tertiary alicyclic amines) is 1. The largest absolute Gasteiger partial charge is 0.511 e. The van der Waals surface area contributed by atoms with Gasteiger partial charge < -0.3 is 10.2 Å². The Morgan fingerprint density at radius 3 is 2.50 bits per heavy atom. The molecule has 1 aliphatic rings. The third-order valence-corrected chi connectivity index (χ3v) is 1.91. The molecule has 0 unspecified atom stereocenters. The number of hydrogen-bond donors (Lipinski definition) is 2. The molecule has 1 aliphatic heterocycles. The Morgan fingerprint density at radius 1 is 1.70 bits per heavy atom. The minimum Gasteiger partial charge on any atom is -0.511 e. The summed E-state index contributed by atoms with van der Waals surface area (Å²) in [5, 5.41) is 18.1. The van der Waals surface area contributed by atoms with Crippen LogP contribution in [0.5, 0.6) is 0 Å². The molecule has 1 rings (SSSR count). The molecule has 1 heterocycles. The maximum Gasteiger partial charge on any atom is 0.102 e. The van der Waals surface area contributed by atoms with Crippen molar-refractivity contribution in [2.24, 2.45) is 0 Å². The van der Waals surface area contributed by atoms with Crippen LogP contribution in [0.3, 0.4) is 0 Å². The van der Waals surface area contributed by atoms with Gasteiger partial charge in [-0.05, 0) is 13.5 Å². The van der Waals surface area contributed by atoms with Crippen LogP contribution in [0.25, 0.3) is 0 Å². The Hall–Kier alpha value is -0.540. The molecule has 0 amide bonds. The second-order valence-electron chi connectivity index (χ2n) is 2.84. The number of likely N-dealkylation sites (N-methyl/N-ethyl adjacent to an activating group) is 1. The lowest BCUT2D eigenvalue weighted by Crippen LogP contribution is -2.26. The van der Waals surface area contributed by atoms with Crippen LogP contribution in [0.1, 0.15) is 6.42 Å². The van der Waals surface area contributed by atoms with Crippen LogP contribution < -0.4 is 0 Å². The molecular weight excluding hydrogens is 130 g/mol. The summed E-state index contributed by atoms with van der Waals surface area (Å²) in [6.07, 6.45) is 0.296. The van der Waals surface area contributed by atoms with Crippen molar-refractivity contribution in [3.05, 3.63) is 12.3 Å². The SMILES string of the molecule is C=C(O)[C@H]1C[C@H](O)CN1C. The molecule has 10 heavy (non-hydrogen) atoms. The van der Waals surface area contributed by atoms with E-state index in [-0.39, 0.29) is 17.9 Å². The molecule has 0 radical (unpaired) electrons. The highest BCUT2D eigenvalue weighted by molar-refractivity contribution is 5.00. The minimum atomic E-state index is -0.307. The van der Waals surface area contributed by atoms with Gasteiger partial charge in [0.1, 0.15) is 5.76 Å². The van der Waals surface area contributed by atoms with Gasteiger partial charge in [0.05, 0.1) is 12.1 Å². The van der Waals surface area contributed by atoms with Crippen LogP contribution in [-0.2, 0) is 0 Å². The number of β-amino-alcohol motifs (C(OH)–C–C–N with tert-alkyl or cyclic N) is 1. The van der Waals surface area contributed by atoms with Crippen molar-refractivity contribution in [1.29, 1.82) is 0 Å². The molecular formula is C7H13NO2. The number of nitrogens with zero attached hydrogens (tertiary/aromatic N) is 1. The molecule has 58 valence electrons. The lowest BCUT2D eigenvalue weighted by Gasteiger charge is -2.16. The van der Waals surface area contributed by atoms with Crippen molar-refractivity contribution in [1.82, 2.24) is 4.90 Å². The molecule has 1 saturated heterocycles. The summed E-state index contributed by atoms with van der Waals surface area (Å²) in [7, 11) is 1.86. The van der Waals surface area contributed by atoms with E-state index >= 15 is 0 Å². The third-order valence-electron chi connectivity index (χ3n) is 1.91. The van der Waals surface area contributed by atoms with Gasteiger partial charge in [-0.3, -0.25) is 4.90 Å². The van der Waals surface area contributed by atoms with E-state index < -0.39 is 0 Å². The molecule has 0 spiro atoms. The van der Waals surface area contributed by atoms with Crippen molar-refractivity contribution >= 4 is 0 Å². The van der Waals surface area contributed by atoms with Gasteiger partial charge in [-0.15, -0.1) is 0 Å². The average Bonchev–Trinajstić information content (AvgIpc) is 2.10. The van der Waals surface area contributed by atoms with Gasteiger partial charge in [-0.25, -0.2) is 0 Å². The molecule has 0 aliphatic carbocycles. The maximum absolute atomic E-state index is 9.12. The highest BCUT2D eigenvalue weighted by atomic mass is 16.3. The molecule has 0 aromatic heterocycles. The van der Waals surface area contributed by atoms with Crippen molar-refractivity contribution in [3.8, 4) is 0 Å². The molecule has 0 aromatic rings. The zero-order chi connectivity index (χ0) is 7.72. The fourth-order valence-electron chi connectivity index (χ4n) is 1.36. The zero-order valence-corrected chi connectivity index (χ0v) is 6.12. The number of hydrogen-bond acceptors (Lipinski definition) is 3. The summed E-state index contributed by atoms with van der Waals surface area (Å²) in [6.45, 7) is 4.05. The zero-order valence-electron chi connectivity index (χ0n) is 6.12. The van der Waals surface area contributed by atoms with E-state index in [0.29, 0.717) is 13.0 Å². The Labute approximate surface area is 60.6 Å². The first-order chi connectivity index (χ1) is 4.61. The van der Waals surface area contributed by atoms with Gasteiger partial charge >= 0.3 is 0 Å². The molecule has 2 atom stereocenters. The van der Waals surface area contributed by atoms with E-state index in [1.165, 1.54) is 0 Å². The fourth-order valence-corrected chi connectivity index (χ4v) is 1.36. The van der Waals surface area contributed by atoms with Crippen molar-refractivity contribution in [3.63, 3.8) is 0 Å². The molecule has 0 aromatic carbocycles. The monoisotopic (exact) mass is 143 g/mol. The van der Waals surface area contributed by atoms with Crippen LogP contribution in [0.15, 0.2) is 12.3 Å². The van der Waals surface area contributed by atoms with Crippen LogP contribution >= 0.6 is 0 Å². The van der Waals surface area contributed by atoms with E-state index in [1.807, 2.05) is 11.9 Å². The van der Waals surface area contributed by atoms with Crippen LogP contribution in [0.4, 0.5) is 0 Å². The first-order valence-electron chi connectivity index (χ1n) is 3.37. The summed E-state index contributed by atoms with van der Waals surface area (Å²) < 4.78 is 0. The van der Waals surface area contributed by atoms with Crippen molar-refractivity contribution in [2.75, 3.05) is 13.6 Å². The second kappa shape index (κ2) is 2.60. The second-order valence-corrected chi connectivity index (χ2v) is 2.84. The van der Waals surface area contributed by atoms with E-state index in [9.17, 15) is 0 Å². The molecule has 3 heteroatoms. The van der Waals surface area contributed by atoms with Crippen molar-refractivity contribution < 1.29 is 10.2 Å². The van der Waals surface area contributed by atoms with Crippen molar-refractivity contribution in [2.45, 2.75) is 18.6 Å². The van der Waals surface area contributed by atoms with Gasteiger partial charge in [-0.1, -0.05) is 6.58 Å². The van der Waals surface area contributed by atoms with Crippen LogP contribution in [0, 0.1) is 0 Å².